The summed E-state index contributed by atoms with van der Waals surface area (Å²) in [5.74, 6) is 1.78. The summed E-state index contributed by atoms with van der Waals surface area (Å²) in [6, 6.07) is 6.22. The van der Waals surface area contributed by atoms with Crippen molar-refractivity contribution in [2.75, 3.05) is 6.54 Å². The first-order valence-electron chi connectivity index (χ1n) is 6.39. The Labute approximate surface area is 98.5 Å². The molecule has 2 atom stereocenters. The van der Waals surface area contributed by atoms with Crippen LogP contribution in [-0.4, -0.2) is 11.5 Å². The predicted molar refractivity (Wildman–Crippen MR) is 67.2 cm³/mol. The van der Waals surface area contributed by atoms with Crippen LogP contribution in [0, 0.1) is 18.8 Å². The molecule has 1 heterocycles. The van der Waals surface area contributed by atoms with E-state index < -0.39 is 0 Å². The Kier molecular flexibility index (Phi) is 3.94. The van der Waals surface area contributed by atoms with Crippen molar-refractivity contribution < 1.29 is 0 Å². The maximum absolute atomic E-state index is 4.49. The Balaban J connectivity index is 1.75. The highest BCUT2D eigenvalue weighted by molar-refractivity contribution is 5.09. The molecule has 1 fully saturated rings. The van der Waals surface area contributed by atoms with Gasteiger partial charge in [-0.25, -0.2) is 0 Å². The van der Waals surface area contributed by atoms with E-state index >= 15 is 0 Å². The van der Waals surface area contributed by atoms with Crippen molar-refractivity contribution in [3.8, 4) is 0 Å². The summed E-state index contributed by atoms with van der Waals surface area (Å²) in [6.07, 6.45) is 4.22. The molecule has 1 N–H and O–H groups in total. The van der Waals surface area contributed by atoms with Gasteiger partial charge in [0.1, 0.15) is 0 Å². The highest BCUT2D eigenvalue weighted by Gasteiger charge is 2.22. The third kappa shape index (κ3) is 3.05. The third-order valence-corrected chi connectivity index (χ3v) is 3.70. The van der Waals surface area contributed by atoms with E-state index in [1.165, 1.54) is 19.3 Å². The van der Waals surface area contributed by atoms with Crippen LogP contribution in [0.15, 0.2) is 18.2 Å². The number of nitrogens with zero attached hydrogens (tertiary/aromatic N) is 1. The number of nitrogens with one attached hydrogen (secondary N) is 1. The Hall–Kier alpha value is -0.890. The highest BCUT2D eigenvalue weighted by Crippen LogP contribution is 2.30. The van der Waals surface area contributed by atoms with E-state index in [0.29, 0.717) is 0 Å². The van der Waals surface area contributed by atoms with E-state index in [9.17, 15) is 0 Å². The van der Waals surface area contributed by atoms with Gasteiger partial charge in [0.25, 0.3) is 0 Å². The molecule has 2 rings (SSSR count). The van der Waals surface area contributed by atoms with Crippen molar-refractivity contribution in [3.63, 3.8) is 0 Å². The van der Waals surface area contributed by atoms with Crippen molar-refractivity contribution in [1.29, 1.82) is 0 Å². The molecule has 0 radical (unpaired) electrons. The van der Waals surface area contributed by atoms with Gasteiger partial charge in [-0.3, -0.25) is 4.98 Å². The summed E-state index contributed by atoms with van der Waals surface area (Å²) in [6.45, 7) is 6.48. The second kappa shape index (κ2) is 5.44. The van der Waals surface area contributed by atoms with Gasteiger partial charge >= 0.3 is 0 Å². The number of hydrogen-bond donors (Lipinski definition) is 1. The lowest BCUT2D eigenvalue weighted by molar-refractivity contribution is 0.391. The van der Waals surface area contributed by atoms with Gasteiger partial charge in [0.15, 0.2) is 0 Å². The van der Waals surface area contributed by atoms with Gasteiger partial charge in [-0.2, -0.15) is 0 Å². The molecule has 88 valence electrons. The van der Waals surface area contributed by atoms with Crippen molar-refractivity contribution in [1.82, 2.24) is 10.3 Å². The van der Waals surface area contributed by atoms with Gasteiger partial charge in [-0.1, -0.05) is 25.8 Å². The first-order valence-corrected chi connectivity index (χ1v) is 6.39. The topological polar surface area (TPSA) is 24.9 Å². The van der Waals surface area contributed by atoms with Gasteiger partial charge in [-0.15, -0.1) is 0 Å². The first kappa shape index (κ1) is 11.6. The standard InChI is InChI=1S/C14H22N2/c1-11-5-3-7-13(11)9-15-10-14-8-4-6-12(2)16-14/h4,6,8,11,13,15H,3,5,7,9-10H2,1-2H3. The first-order chi connectivity index (χ1) is 7.75. The molecule has 2 heteroatoms. The van der Waals surface area contributed by atoms with Crippen LogP contribution in [0.25, 0.3) is 0 Å². The van der Waals surface area contributed by atoms with Crippen molar-refractivity contribution in [3.05, 3.63) is 29.6 Å². The van der Waals surface area contributed by atoms with E-state index in [4.69, 9.17) is 0 Å². The van der Waals surface area contributed by atoms with Crippen LogP contribution in [0.3, 0.4) is 0 Å². The monoisotopic (exact) mass is 218 g/mol. The number of aryl methyl sites for hydroxylation is 1. The van der Waals surface area contributed by atoms with E-state index in [-0.39, 0.29) is 0 Å². The van der Waals surface area contributed by atoms with E-state index in [0.717, 1.165) is 36.3 Å². The molecule has 2 unspecified atom stereocenters. The minimum absolute atomic E-state index is 0.879. The molecule has 1 aliphatic carbocycles. The lowest BCUT2D eigenvalue weighted by atomic mass is 9.98. The van der Waals surface area contributed by atoms with Gasteiger partial charge in [0.05, 0.1) is 5.69 Å². The van der Waals surface area contributed by atoms with Gasteiger partial charge in [-0.05, 0) is 43.9 Å². The average molecular weight is 218 g/mol. The summed E-state index contributed by atoms with van der Waals surface area (Å²) in [5.41, 5.74) is 2.26. The second-order valence-corrected chi connectivity index (χ2v) is 5.07. The zero-order chi connectivity index (χ0) is 11.4. The largest absolute Gasteiger partial charge is 0.311 e. The van der Waals surface area contributed by atoms with E-state index in [2.05, 4.69) is 29.4 Å². The fourth-order valence-electron chi connectivity index (χ4n) is 2.61. The SMILES string of the molecule is Cc1cccc(CNCC2CCCC2C)n1. The molecule has 2 nitrogen and oxygen atoms in total. The molecule has 0 bridgehead atoms. The fourth-order valence-corrected chi connectivity index (χ4v) is 2.61. The predicted octanol–water partition coefficient (Wildman–Crippen LogP) is 2.92. The van der Waals surface area contributed by atoms with Crippen molar-refractivity contribution in [2.24, 2.45) is 11.8 Å². The number of rotatable bonds is 4. The molecular formula is C14H22N2. The van der Waals surface area contributed by atoms with Crippen LogP contribution < -0.4 is 5.32 Å². The molecular weight excluding hydrogens is 196 g/mol. The Morgan fingerprint density at radius 1 is 1.38 bits per heavy atom. The van der Waals surface area contributed by atoms with Crippen LogP contribution in [-0.2, 0) is 6.54 Å². The van der Waals surface area contributed by atoms with E-state index in [1.54, 1.807) is 0 Å². The van der Waals surface area contributed by atoms with Crippen LogP contribution in [0.4, 0.5) is 0 Å². The molecule has 1 saturated carbocycles. The molecule has 16 heavy (non-hydrogen) atoms. The minimum Gasteiger partial charge on any atom is -0.311 e. The van der Waals surface area contributed by atoms with Crippen LogP contribution >= 0.6 is 0 Å². The summed E-state index contributed by atoms with van der Waals surface area (Å²) in [7, 11) is 0. The quantitative estimate of drug-likeness (QED) is 0.840. The number of hydrogen-bond acceptors (Lipinski definition) is 2. The molecule has 0 aromatic carbocycles. The van der Waals surface area contributed by atoms with Crippen LogP contribution in [0.2, 0.25) is 0 Å². The van der Waals surface area contributed by atoms with Crippen LogP contribution in [0.1, 0.15) is 37.6 Å². The Bertz CT molecular complexity index is 335. The highest BCUT2D eigenvalue weighted by atomic mass is 14.9. The normalized spacial score (nSPS) is 24.9. The summed E-state index contributed by atoms with van der Waals surface area (Å²) in [5, 5.41) is 3.54. The smallest absolute Gasteiger partial charge is 0.0544 e. The lowest BCUT2D eigenvalue weighted by Gasteiger charge is -2.15. The molecule has 1 aliphatic rings. The summed E-state index contributed by atoms with van der Waals surface area (Å²) < 4.78 is 0. The van der Waals surface area contributed by atoms with Gasteiger partial charge in [0, 0.05) is 12.2 Å². The molecule has 0 amide bonds. The van der Waals surface area contributed by atoms with Gasteiger partial charge in [0.2, 0.25) is 0 Å². The van der Waals surface area contributed by atoms with Gasteiger partial charge < -0.3 is 5.32 Å². The lowest BCUT2D eigenvalue weighted by Crippen LogP contribution is -2.24. The van der Waals surface area contributed by atoms with Crippen molar-refractivity contribution >= 4 is 0 Å². The third-order valence-electron chi connectivity index (χ3n) is 3.70. The maximum atomic E-state index is 4.49. The van der Waals surface area contributed by atoms with Crippen molar-refractivity contribution in [2.45, 2.75) is 39.7 Å². The minimum atomic E-state index is 0.879. The Morgan fingerprint density at radius 3 is 2.94 bits per heavy atom. The Morgan fingerprint density at radius 2 is 2.25 bits per heavy atom. The summed E-state index contributed by atoms with van der Waals surface area (Å²) in [4.78, 5) is 4.49. The fraction of sp³-hybridized carbons (Fsp3) is 0.643. The second-order valence-electron chi connectivity index (χ2n) is 5.07. The zero-order valence-corrected chi connectivity index (χ0v) is 10.4. The summed E-state index contributed by atoms with van der Waals surface area (Å²) >= 11 is 0. The average Bonchev–Trinajstić information content (AvgIpc) is 2.65. The maximum Gasteiger partial charge on any atom is 0.0544 e. The van der Waals surface area contributed by atoms with E-state index in [1.807, 2.05) is 13.0 Å². The zero-order valence-electron chi connectivity index (χ0n) is 10.4. The molecule has 0 spiro atoms. The molecule has 0 saturated heterocycles. The van der Waals surface area contributed by atoms with Crippen LogP contribution in [0.5, 0.6) is 0 Å². The molecule has 0 aliphatic heterocycles. The number of pyridine rings is 1. The molecule has 1 aromatic heterocycles. The number of aromatic nitrogens is 1. The molecule has 1 aromatic rings.